The van der Waals surface area contributed by atoms with Gasteiger partial charge in [-0.1, -0.05) is 24.3 Å². The Balaban J connectivity index is 2.22. The molecule has 0 aliphatic heterocycles. The molecule has 0 spiro atoms. The Labute approximate surface area is 112 Å². The molecule has 0 unspecified atom stereocenters. The van der Waals surface area contributed by atoms with Gasteiger partial charge >= 0.3 is 0 Å². The molecule has 2 aromatic rings. The topological polar surface area (TPSA) is 93.1 Å². The molecule has 0 aliphatic carbocycles. The molecule has 6 nitrogen and oxygen atoms in total. The van der Waals surface area contributed by atoms with Crippen LogP contribution >= 0.6 is 0 Å². The lowest BCUT2D eigenvalue weighted by Crippen LogP contribution is -2.20. The van der Waals surface area contributed by atoms with Crippen LogP contribution in [-0.4, -0.2) is 17.0 Å². The zero-order valence-electron chi connectivity index (χ0n) is 11.1. The summed E-state index contributed by atoms with van der Waals surface area (Å²) in [7, 11) is 1.95. The summed E-state index contributed by atoms with van der Waals surface area (Å²) in [6, 6.07) is 9.99. The summed E-state index contributed by atoms with van der Waals surface area (Å²) in [6.07, 6.45) is 0. The summed E-state index contributed by atoms with van der Waals surface area (Å²) in [5.41, 5.74) is 10.6. The Bertz CT molecular complexity index is 569. The summed E-state index contributed by atoms with van der Waals surface area (Å²) < 4.78 is 0. The van der Waals surface area contributed by atoms with E-state index in [0.29, 0.717) is 5.82 Å². The molecule has 0 radical (unpaired) electrons. The molecule has 0 atom stereocenters. The molecular weight excluding hydrogens is 240 g/mol. The van der Waals surface area contributed by atoms with E-state index in [0.717, 1.165) is 12.4 Å². The molecule has 1 heterocycles. The number of anilines is 3. The van der Waals surface area contributed by atoms with E-state index in [9.17, 15) is 0 Å². The van der Waals surface area contributed by atoms with Crippen molar-refractivity contribution >= 4 is 17.6 Å². The Hall–Kier alpha value is -2.34. The highest BCUT2D eigenvalue weighted by Crippen LogP contribution is 2.18. The molecule has 100 valence electrons. The monoisotopic (exact) mass is 258 g/mol. The van der Waals surface area contributed by atoms with Crippen molar-refractivity contribution in [2.75, 3.05) is 23.1 Å². The van der Waals surface area contributed by atoms with Crippen molar-refractivity contribution in [2.45, 2.75) is 13.5 Å². The summed E-state index contributed by atoms with van der Waals surface area (Å²) in [4.78, 5) is 10.2. The highest BCUT2D eigenvalue weighted by atomic mass is 15.3. The second kappa shape index (κ2) is 5.53. The van der Waals surface area contributed by atoms with Crippen molar-refractivity contribution < 1.29 is 0 Å². The van der Waals surface area contributed by atoms with Crippen LogP contribution in [0.4, 0.5) is 17.6 Å². The number of nitrogens with zero attached hydrogens (tertiary/aromatic N) is 3. The average molecular weight is 258 g/mol. The van der Waals surface area contributed by atoms with E-state index in [1.807, 2.05) is 24.1 Å². The molecule has 1 aromatic carbocycles. The van der Waals surface area contributed by atoms with Gasteiger partial charge in [0.25, 0.3) is 0 Å². The van der Waals surface area contributed by atoms with Crippen LogP contribution in [0.25, 0.3) is 0 Å². The predicted molar refractivity (Wildman–Crippen MR) is 77.5 cm³/mol. The second-order valence-electron chi connectivity index (χ2n) is 4.40. The van der Waals surface area contributed by atoms with Gasteiger partial charge < -0.3 is 16.1 Å². The lowest BCUT2D eigenvalue weighted by molar-refractivity contribution is 0.887. The van der Waals surface area contributed by atoms with Gasteiger partial charge in [-0.25, -0.2) is 5.84 Å². The van der Waals surface area contributed by atoms with Crippen LogP contribution in [0.15, 0.2) is 30.3 Å². The van der Waals surface area contributed by atoms with E-state index in [-0.39, 0.29) is 5.95 Å². The van der Waals surface area contributed by atoms with Crippen LogP contribution in [0.2, 0.25) is 0 Å². The number of hydrazine groups is 1. The maximum atomic E-state index is 5.65. The van der Waals surface area contributed by atoms with Gasteiger partial charge in [-0.2, -0.15) is 9.97 Å². The van der Waals surface area contributed by atoms with Crippen molar-refractivity contribution in [2.24, 2.45) is 5.84 Å². The van der Waals surface area contributed by atoms with Crippen LogP contribution in [0, 0.1) is 6.92 Å². The molecule has 0 aliphatic rings. The largest absolute Gasteiger partial charge is 0.368 e. The first-order valence-electron chi connectivity index (χ1n) is 5.97. The van der Waals surface area contributed by atoms with Crippen molar-refractivity contribution in [3.05, 3.63) is 41.5 Å². The Morgan fingerprint density at radius 1 is 1.26 bits per heavy atom. The fourth-order valence-corrected chi connectivity index (χ4v) is 1.85. The van der Waals surface area contributed by atoms with E-state index in [1.54, 1.807) is 6.07 Å². The predicted octanol–water partition coefficient (Wildman–Crippen LogP) is 1.29. The number of rotatable bonds is 4. The third-order valence-electron chi connectivity index (χ3n) is 2.94. The van der Waals surface area contributed by atoms with E-state index in [4.69, 9.17) is 11.6 Å². The third-order valence-corrected chi connectivity index (χ3v) is 2.94. The fourth-order valence-electron chi connectivity index (χ4n) is 1.85. The van der Waals surface area contributed by atoms with Gasteiger partial charge in [-0.05, 0) is 18.1 Å². The van der Waals surface area contributed by atoms with Crippen molar-refractivity contribution in [3.8, 4) is 0 Å². The maximum absolute atomic E-state index is 5.65. The highest BCUT2D eigenvalue weighted by molar-refractivity contribution is 5.52. The molecule has 1 aromatic heterocycles. The summed E-state index contributed by atoms with van der Waals surface area (Å²) >= 11 is 0. The summed E-state index contributed by atoms with van der Waals surface area (Å²) in [5.74, 6) is 6.77. The number of aryl methyl sites for hydroxylation is 1. The van der Waals surface area contributed by atoms with Crippen LogP contribution in [-0.2, 0) is 6.54 Å². The summed E-state index contributed by atoms with van der Waals surface area (Å²) in [6.45, 7) is 2.83. The second-order valence-corrected chi connectivity index (χ2v) is 4.40. The molecule has 19 heavy (non-hydrogen) atoms. The van der Waals surface area contributed by atoms with Crippen molar-refractivity contribution in [1.82, 2.24) is 9.97 Å². The van der Waals surface area contributed by atoms with Crippen molar-refractivity contribution in [3.63, 3.8) is 0 Å². The molecule has 0 saturated carbocycles. The molecule has 0 bridgehead atoms. The highest BCUT2D eigenvalue weighted by Gasteiger charge is 2.08. The minimum absolute atomic E-state index is 0.196. The Morgan fingerprint density at radius 3 is 2.68 bits per heavy atom. The lowest BCUT2D eigenvalue weighted by atomic mass is 10.1. The van der Waals surface area contributed by atoms with Crippen LogP contribution in [0.3, 0.4) is 0 Å². The third kappa shape index (κ3) is 3.11. The number of hydrogen-bond acceptors (Lipinski definition) is 6. The standard InChI is InChI=1S/C13H18N6/c1-9-5-3-4-6-10(9)8-19(2)12-7-11(18-15)16-13(14)17-12/h3-7H,8,15H2,1-2H3,(H3,14,16,17,18). The van der Waals surface area contributed by atoms with Crippen molar-refractivity contribution in [1.29, 1.82) is 0 Å². The van der Waals surface area contributed by atoms with Gasteiger partial charge in [0.05, 0.1) is 0 Å². The maximum Gasteiger partial charge on any atom is 0.223 e. The number of nitrogens with one attached hydrogen (secondary N) is 1. The smallest absolute Gasteiger partial charge is 0.223 e. The normalized spacial score (nSPS) is 10.3. The first kappa shape index (κ1) is 13.1. The first-order chi connectivity index (χ1) is 9.10. The van der Waals surface area contributed by atoms with Gasteiger partial charge in [0.2, 0.25) is 5.95 Å². The Kier molecular flexibility index (Phi) is 3.82. The van der Waals surface area contributed by atoms with Gasteiger partial charge in [-0.15, -0.1) is 0 Å². The van der Waals surface area contributed by atoms with E-state index < -0.39 is 0 Å². The van der Waals surface area contributed by atoms with E-state index in [2.05, 4.69) is 34.5 Å². The van der Waals surface area contributed by atoms with Gasteiger partial charge in [-0.3, -0.25) is 0 Å². The van der Waals surface area contributed by atoms with Gasteiger partial charge in [0, 0.05) is 19.7 Å². The molecule has 0 saturated heterocycles. The average Bonchev–Trinajstić information content (AvgIpc) is 2.40. The molecule has 2 rings (SSSR count). The number of benzene rings is 1. The minimum atomic E-state index is 0.196. The molecule has 6 heteroatoms. The molecular formula is C13H18N6. The van der Waals surface area contributed by atoms with E-state index >= 15 is 0 Å². The van der Waals surface area contributed by atoms with Gasteiger partial charge in [0.15, 0.2) is 0 Å². The summed E-state index contributed by atoms with van der Waals surface area (Å²) in [5, 5.41) is 0. The Morgan fingerprint density at radius 2 is 2.00 bits per heavy atom. The molecule has 5 N–H and O–H groups in total. The first-order valence-corrected chi connectivity index (χ1v) is 5.97. The number of aromatic nitrogens is 2. The molecule has 0 fully saturated rings. The zero-order chi connectivity index (χ0) is 13.8. The SMILES string of the molecule is Cc1ccccc1CN(C)c1cc(NN)nc(N)n1. The van der Waals surface area contributed by atoms with E-state index in [1.165, 1.54) is 11.1 Å². The van der Waals surface area contributed by atoms with Crippen LogP contribution in [0.5, 0.6) is 0 Å². The quantitative estimate of drug-likeness (QED) is 0.565. The number of hydrogen-bond donors (Lipinski definition) is 3. The van der Waals surface area contributed by atoms with Crippen LogP contribution < -0.4 is 21.9 Å². The molecule has 0 amide bonds. The zero-order valence-corrected chi connectivity index (χ0v) is 11.1. The van der Waals surface area contributed by atoms with Crippen LogP contribution in [0.1, 0.15) is 11.1 Å². The number of nitrogen functional groups attached to an aromatic ring is 2. The number of nitrogens with two attached hydrogens (primary N) is 2. The minimum Gasteiger partial charge on any atom is -0.368 e. The fraction of sp³-hybridized carbons (Fsp3) is 0.231. The van der Waals surface area contributed by atoms with Gasteiger partial charge in [0.1, 0.15) is 11.6 Å². The lowest BCUT2D eigenvalue weighted by Gasteiger charge is -2.20.